The molecule has 0 unspecified atom stereocenters. The molecule has 2 rings (SSSR count). The third-order valence-corrected chi connectivity index (χ3v) is 3.02. The van der Waals surface area contributed by atoms with Gasteiger partial charge in [0.05, 0.1) is 6.61 Å². The monoisotopic (exact) mass is 206 g/mol. The first kappa shape index (κ1) is 10.3. The Morgan fingerprint density at radius 2 is 2.20 bits per heavy atom. The molecule has 82 valence electrons. The fourth-order valence-electron chi connectivity index (χ4n) is 2.16. The third-order valence-electron chi connectivity index (χ3n) is 3.02. The van der Waals surface area contributed by atoms with E-state index in [1.54, 1.807) is 12.3 Å². The van der Waals surface area contributed by atoms with Crippen LogP contribution in [0.25, 0.3) is 0 Å². The number of nitrogens with two attached hydrogens (primary N) is 1. The van der Waals surface area contributed by atoms with Gasteiger partial charge in [-0.1, -0.05) is 25.7 Å². The molecule has 0 bridgehead atoms. The predicted octanol–water partition coefficient (Wildman–Crippen LogP) is 2.62. The topological polar surface area (TPSA) is 48.1 Å². The maximum Gasteiger partial charge on any atom is 0.126 e. The highest BCUT2D eigenvalue weighted by molar-refractivity contribution is 5.35. The summed E-state index contributed by atoms with van der Waals surface area (Å²) in [6, 6.07) is 3.62. The van der Waals surface area contributed by atoms with Crippen LogP contribution in [0.2, 0.25) is 0 Å². The lowest BCUT2D eigenvalue weighted by molar-refractivity contribution is 0.279. The molecule has 3 nitrogen and oxygen atoms in total. The van der Waals surface area contributed by atoms with E-state index in [1.165, 1.54) is 32.1 Å². The second-order valence-electron chi connectivity index (χ2n) is 4.20. The van der Waals surface area contributed by atoms with E-state index in [0.717, 1.165) is 18.3 Å². The molecule has 15 heavy (non-hydrogen) atoms. The largest absolute Gasteiger partial charge is 0.493 e. The summed E-state index contributed by atoms with van der Waals surface area (Å²) in [7, 11) is 0. The van der Waals surface area contributed by atoms with E-state index in [-0.39, 0.29) is 0 Å². The molecular formula is C12H18N2O. The molecule has 1 aliphatic rings. The lowest BCUT2D eigenvalue weighted by Crippen LogP contribution is -2.04. The first-order chi connectivity index (χ1) is 7.34. The first-order valence-corrected chi connectivity index (χ1v) is 5.69. The first-order valence-electron chi connectivity index (χ1n) is 5.69. The Morgan fingerprint density at radius 1 is 1.40 bits per heavy atom. The molecule has 1 saturated carbocycles. The van der Waals surface area contributed by atoms with E-state index in [4.69, 9.17) is 10.5 Å². The van der Waals surface area contributed by atoms with Gasteiger partial charge in [-0.25, -0.2) is 4.98 Å². The van der Waals surface area contributed by atoms with Crippen molar-refractivity contribution in [3.05, 3.63) is 18.3 Å². The molecular weight excluding hydrogens is 188 g/mol. The molecule has 3 heteroatoms. The van der Waals surface area contributed by atoms with Crippen LogP contribution in [0.1, 0.15) is 32.1 Å². The fraction of sp³-hybridized carbons (Fsp3) is 0.583. The molecule has 0 saturated heterocycles. The van der Waals surface area contributed by atoms with Crippen molar-refractivity contribution in [2.24, 2.45) is 5.92 Å². The van der Waals surface area contributed by atoms with Crippen molar-refractivity contribution in [3.8, 4) is 5.75 Å². The van der Waals surface area contributed by atoms with Crippen LogP contribution in [-0.2, 0) is 0 Å². The van der Waals surface area contributed by atoms with Crippen LogP contribution < -0.4 is 10.5 Å². The zero-order valence-corrected chi connectivity index (χ0v) is 8.98. The number of nitrogen functional groups attached to an aromatic ring is 1. The Hall–Kier alpha value is -1.25. The smallest absolute Gasteiger partial charge is 0.126 e. The highest BCUT2D eigenvalue weighted by Gasteiger charge is 2.14. The molecule has 0 radical (unpaired) electrons. The number of hydrogen-bond donors (Lipinski definition) is 1. The number of rotatable bonds is 4. The lowest BCUT2D eigenvalue weighted by atomic mass is 10.1. The Labute approximate surface area is 90.7 Å². The standard InChI is InChI=1S/C12H18N2O/c13-12-9-11(5-7-14-12)15-8-6-10-3-1-2-4-10/h5,7,9-10H,1-4,6,8H2,(H2,13,14). The second kappa shape index (κ2) is 5.01. The summed E-state index contributed by atoms with van der Waals surface area (Å²) in [6.45, 7) is 0.800. The minimum Gasteiger partial charge on any atom is -0.493 e. The molecule has 0 aliphatic heterocycles. The summed E-state index contributed by atoms with van der Waals surface area (Å²) in [6.07, 6.45) is 8.39. The Morgan fingerprint density at radius 3 is 2.93 bits per heavy atom. The van der Waals surface area contributed by atoms with E-state index in [9.17, 15) is 0 Å². The number of ether oxygens (including phenoxy) is 1. The average molecular weight is 206 g/mol. The minimum atomic E-state index is 0.522. The fourth-order valence-corrected chi connectivity index (χ4v) is 2.16. The van der Waals surface area contributed by atoms with Crippen molar-refractivity contribution in [1.82, 2.24) is 4.98 Å². The van der Waals surface area contributed by atoms with Gasteiger partial charge in [-0.05, 0) is 18.4 Å². The molecule has 1 heterocycles. The van der Waals surface area contributed by atoms with Crippen molar-refractivity contribution in [2.45, 2.75) is 32.1 Å². The van der Waals surface area contributed by atoms with Crippen molar-refractivity contribution in [1.29, 1.82) is 0 Å². The van der Waals surface area contributed by atoms with Gasteiger partial charge in [0.25, 0.3) is 0 Å². The average Bonchev–Trinajstić information content (AvgIpc) is 2.71. The van der Waals surface area contributed by atoms with Crippen molar-refractivity contribution >= 4 is 5.82 Å². The van der Waals surface area contributed by atoms with Gasteiger partial charge in [-0.3, -0.25) is 0 Å². The predicted molar refractivity (Wildman–Crippen MR) is 60.7 cm³/mol. The van der Waals surface area contributed by atoms with Crippen molar-refractivity contribution in [2.75, 3.05) is 12.3 Å². The number of nitrogens with zero attached hydrogens (tertiary/aromatic N) is 1. The molecule has 0 spiro atoms. The van der Waals surface area contributed by atoms with Gasteiger partial charge in [-0.15, -0.1) is 0 Å². The normalized spacial score (nSPS) is 16.8. The summed E-state index contributed by atoms with van der Waals surface area (Å²) < 4.78 is 5.63. The van der Waals surface area contributed by atoms with E-state index < -0.39 is 0 Å². The van der Waals surface area contributed by atoms with E-state index >= 15 is 0 Å². The SMILES string of the molecule is Nc1cc(OCCC2CCCC2)ccn1. The summed E-state index contributed by atoms with van der Waals surface area (Å²) in [5.41, 5.74) is 5.56. The van der Waals surface area contributed by atoms with Gasteiger partial charge in [0, 0.05) is 12.3 Å². The molecule has 1 aromatic heterocycles. The Kier molecular flexibility index (Phi) is 3.43. The van der Waals surface area contributed by atoms with Crippen molar-refractivity contribution < 1.29 is 4.74 Å². The van der Waals surface area contributed by atoms with Crippen LogP contribution in [0.5, 0.6) is 5.75 Å². The molecule has 1 aromatic rings. The van der Waals surface area contributed by atoms with Crippen LogP contribution in [0.3, 0.4) is 0 Å². The van der Waals surface area contributed by atoms with Crippen LogP contribution >= 0.6 is 0 Å². The van der Waals surface area contributed by atoms with Crippen molar-refractivity contribution in [3.63, 3.8) is 0 Å². The zero-order chi connectivity index (χ0) is 10.5. The quantitative estimate of drug-likeness (QED) is 0.823. The van der Waals surface area contributed by atoms with E-state index in [0.29, 0.717) is 5.82 Å². The molecule has 0 aromatic carbocycles. The summed E-state index contributed by atoms with van der Waals surface area (Å²) >= 11 is 0. The van der Waals surface area contributed by atoms with Crippen LogP contribution in [0, 0.1) is 5.92 Å². The maximum atomic E-state index is 5.63. The van der Waals surface area contributed by atoms with Crippen LogP contribution in [0.15, 0.2) is 18.3 Å². The molecule has 0 amide bonds. The summed E-state index contributed by atoms with van der Waals surface area (Å²) in [5, 5.41) is 0. The minimum absolute atomic E-state index is 0.522. The number of pyridine rings is 1. The van der Waals surface area contributed by atoms with Gasteiger partial charge in [0.1, 0.15) is 11.6 Å². The number of anilines is 1. The maximum absolute atomic E-state index is 5.63. The second-order valence-corrected chi connectivity index (χ2v) is 4.20. The molecule has 0 atom stereocenters. The number of hydrogen-bond acceptors (Lipinski definition) is 3. The summed E-state index contributed by atoms with van der Waals surface area (Å²) in [5.74, 6) is 2.23. The van der Waals surface area contributed by atoms with Gasteiger partial charge in [-0.2, -0.15) is 0 Å². The van der Waals surface area contributed by atoms with E-state index in [1.807, 2.05) is 6.07 Å². The van der Waals surface area contributed by atoms with Gasteiger partial charge < -0.3 is 10.5 Å². The van der Waals surface area contributed by atoms with E-state index in [2.05, 4.69) is 4.98 Å². The molecule has 1 aliphatic carbocycles. The number of aromatic nitrogens is 1. The summed E-state index contributed by atoms with van der Waals surface area (Å²) in [4.78, 5) is 3.92. The van der Waals surface area contributed by atoms with Gasteiger partial charge >= 0.3 is 0 Å². The third kappa shape index (κ3) is 3.11. The molecule has 2 N–H and O–H groups in total. The highest BCUT2D eigenvalue weighted by atomic mass is 16.5. The van der Waals surface area contributed by atoms with Crippen LogP contribution in [0.4, 0.5) is 5.82 Å². The molecule has 1 fully saturated rings. The Balaban J connectivity index is 1.73. The van der Waals surface area contributed by atoms with Gasteiger partial charge in [0.2, 0.25) is 0 Å². The lowest BCUT2D eigenvalue weighted by Gasteiger charge is -2.10. The van der Waals surface area contributed by atoms with Gasteiger partial charge in [0.15, 0.2) is 0 Å². The highest BCUT2D eigenvalue weighted by Crippen LogP contribution is 2.27. The Bertz CT molecular complexity index is 308. The zero-order valence-electron chi connectivity index (χ0n) is 8.98. The van der Waals surface area contributed by atoms with Crippen LogP contribution in [-0.4, -0.2) is 11.6 Å².